The summed E-state index contributed by atoms with van der Waals surface area (Å²) in [5.74, 6) is -3.18. The molecule has 626 valence electrons. The molecule has 0 aliphatic heterocycles. The van der Waals surface area contributed by atoms with E-state index in [9.17, 15) is 28.8 Å². The molecule has 0 spiro atoms. The molecule has 0 aliphatic carbocycles. The van der Waals surface area contributed by atoms with Gasteiger partial charge in [-0.15, -0.1) is 0 Å². The lowest BCUT2D eigenvalue weighted by molar-refractivity contribution is -0.133. The van der Waals surface area contributed by atoms with Crippen LogP contribution in [0.15, 0.2) is 0 Å². The minimum atomic E-state index is -1.59. The average Bonchev–Trinajstić information content (AvgIpc) is 0.864. The van der Waals surface area contributed by atoms with E-state index in [1.165, 1.54) is 0 Å². The highest BCUT2D eigenvalue weighted by molar-refractivity contribution is 5.96. The van der Waals surface area contributed by atoms with Crippen LogP contribution in [0, 0.1) is 10.8 Å². The fourth-order valence-electron chi connectivity index (χ4n) is 8.94. The summed E-state index contributed by atoms with van der Waals surface area (Å²) >= 11 is 0. The number of nitrogens with two attached hydrogens (primary N) is 2. The van der Waals surface area contributed by atoms with Gasteiger partial charge >= 0.3 is 0 Å². The third kappa shape index (κ3) is 72.8. The summed E-state index contributed by atoms with van der Waals surface area (Å²) in [6.07, 6.45) is 5.30. The maximum absolute atomic E-state index is 13.7. The number of hydrogen-bond donors (Lipinski definition) is 8. The lowest BCUT2D eigenvalue weighted by Crippen LogP contribution is -2.62. The van der Waals surface area contributed by atoms with Crippen molar-refractivity contribution in [2.75, 3.05) is 291 Å². The number of nitrogens with one attached hydrogen (secondary N) is 6. The Labute approximate surface area is 632 Å². The van der Waals surface area contributed by atoms with Crippen LogP contribution in [0.1, 0.15) is 106 Å². The third-order valence-corrected chi connectivity index (χ3v) is 14.8. The van der Waals surface area contributed by atoms with Crippen molar-refractivity contribution in [3.05, 3.63) is 0 Å². The summed E-state index contributed by atoms with van der Waals surface area (Å²) in [4.78, 5) is 79.5. The summed E-state index contributed by atoms with van der Waals surface area (Å²) in [5, 5.41) is 16.8. The first-order chi connectivity index (χ1) is 51.3. The Morgan fingerprint density at radius 1 is 0.264 bits per heavy atom. The van der Waals surface area contributed by atoms with Crippen LogP contribution in [0.5, 0.6) is 0 Å². The van der Waals surface area contributed by atoms with Crippen LogP contribution >= 0.6 is 0 Å². The molecule has 0 aromatic rings. The Bertz CT molecular complexity index is 1900. The molecule has 34 nitrogen and oxygen atoms in total. The van der Waals surface area contributed by atoms with Gasteiger partial charge in [-0.3, -0.25) is 28.8 Å². The summed E-state index contributed by atoms with van der Waals surface area (Å²) in [6.45, 7) is 29.3. The van der Waals surface area contributed by atoms with E-state index >= 15 is 0 Å². The van der Waals surface area contributed by atoms with E-state index in [2.05, 4.69) is 73.4 Å². The Morgan fingerprint density at radius 3 is 0.670 bits per heavy atom. The largest absolute Gasteiger partial charge is 0.382 e. The molecule has 0 saturated carbocycles. The number of methoxy groups -OCH3 is 2. The van der Waals surface area contributed by atoms with Crippen LogP contribution in [0.4, 0.5) is 0 Å². The van der Waals surface area contributed by atoms with Crippen molar-refractivity contribution in [2.24, 2.45) is 22.3 Å². The topological polar surface area (TPSA) is 411 Å². The zero-order valence-corrected chi connectivity index (χ0v) is 65.8. The average molecular weight is 1540 g/mol. The van der Waals surface area contributed by atoms with Gasteiger partial charge in [0.2, 0.25) is 35.4 Å². The van der Waals surface area contributed by atoms with Gasteiger partial charge < -0.3 is 138 Å². The van der Waals surface area contributed by atoms with Crippen molar-refractivity contribution in [1.82, 2.24) is 31.9 Å². The zero-order valence-electron chi connectivity index (χ0n) is 65.8. The Hall–Kier alpha value is -4.06. The van der Waals surface area contributed by atoms with E-state index < -0.39 is 47.8 Å². The predicted molar refractivity (Wildman–Crippen MR) is 395 cm³/mol. The zero-order chi connectivity index (χ0) is 77.9. The SMILES string of the molecule is COCCOCCOCCOCCOCCOCCOCCOCCOCCOCC(=O)NCCCC[C@H](NC(=O)C(N)C(N)C(=O)N[C@@H](CCCCNC(=O)COCCOCCOCCOCCOCCOCCOCCOCCOCCOC)C(=O)NCCCC(C)(C)C)C(=O)NCCCC(C)(C)C. The molecule has 0 heterocycles. The van der Waals surface area contributed by atoms with Crippen LogP contribution in [0.3, 0.4) is 0 Å². The summed E-state index contributed by atoms with van der Waals surface area (Å²) in [7, 11) is 3.26. The van der Waals surface area contributed by atoms with Gasteiger partial charge in [0, 0.05) is 40.4 Å². The lowest BCUT2D eigenvalue weighted by atomic mass is 9.90. The van der Waals surface area contributed by atoms with Crippen molar-refractivity contribution in [2.45, 2.75) is 130 Å². The van der Waals surface area contributed by atoms with Crippen LogP contribution < -0.4 is 43.4 Å². The van der Waals surface area contributed by atoms with Gasteiger partial charge in [-0.05, 0) is 75.0 Å². The molecular formula is C72H142N8O26. The maximum atomic E-state index is 13.7. The second kappa shape index (κ2) is 75.0. The number of hydrogen-bond acceptors (Lipinski definition) is 28. The van der Waals surface area contributed by atoms with Gasteiger partial charge in [-0.2, -0.15) is 0 Å². The van der Waals surface area contributed by atoms with Crippen molar-refractivity contribution >= 4 is 35.4 Å². The van der Waals surface area contributed by atoms with Crippen molar-refractivity contribution < 1.29 is 124 Å². The first kappa shape index (κ1) is 102. The van der Waals surface area contributed by atoms with Crippen molar-refractivity contribution in [3.63, 3.8) is 0 Å². The Balaban J connectivity index is 4.58. The van der Waals surface area contributed by atoms with E-state index in [-0.39, 0.29) is 88.2 Å². The smallest absolute Gasteiger partial charge is 0.245 e. The van der Waals surface area contributed by atoms with E-state index in [0.717, 1.165) is 12.8 Å². The predicted octanol–water partition coefficient (Wildman–Crippen LogP) is 0.660. The molecule has 4 atom stereocenters. The molecule has 0 bridgehead atoms. The highest BCUT2D eigenvalue weighted by atomic mass is 16.6. The number of rotatable bonds is 81. The van der Waals surface area contributed by atoms with Gasteiger partial charge in [0.25, 0.3) is 0 Å². The second-order valence-electron chi connectivity index (χ2n) is 26.7. The molecule has 0 radical (unpaired) electrons. The molecule has 2 unspecified atom stereocenters. The van der Waals surface area contributed by atoms with E-state index in [1.807, 2.05) is 0 Å². The Morgan fingerprint density at radius 2 is 0.462 bits per heavy atom. The molecule has 6 amide bonds. The first-order valence-electron chi connectivity index (χ1n) is 37.9. The molecule has 0 saturated heterocycles. The number of unbranched alkanes of at least 4 members (excludes halogenated alkanes) is 2. The second-order valence-corrected chi connectivity index (χ2v) is 26.7. The molecule has 106 heavy (non-hydrogen) atoms. The molecule has 10 N–H and O–H groups in total. The summed E-state index contributed by atoms with van der Waals surface area (Å²) < 4.78 is 108. The van der Waals surface area contributed by atoms with E-state index in [0.29, 0.717) is 263 Å². The van der Waals surface area contributed by atoms with Crippen LogP contribution in [-0.4, -0.2) is 351 Å². The van der Waals surface area contributed by atoms with Gasteiger partial charge in [-0.25, -0.2) is 0 Å². The molecule has 0 aromatic heterocycles. The summed E-state index contributed by atoms with van der Waals surface area (Å²) in [5.41, 5.74) is 12.7. The minimum absolute atomic E-state index is 0.0472. The number of carbonyl (C=O) groups is 6. The molecule has 0 aromatic carbocycles. The molecule has 0 fully saturated rings. The maximum Gasteiger partial charge on any atom is 0.245 e. The first-order valence-corrected chi connectivity index (χ1v) is 37.9. The molecule has 0 aliphatic rings. The normalized spacial score (nSPS) is 13.0. The van der Waals surface area contributed by atoms with Gasteiger partial charge in [0.05, 0.1) is 238 Å². The molecule has 0 rings (SSSR count). The van der Waals surface area contributed by atoms with E-state index in [1.54, 1.807) is 14.2 Å². The number of carbonyl (C=O) groups excluding carboxylic acids is 6. The lowest BCUT2D eigenvalue weighted by Gasteiger charge is -2.25. The Kier molecular flexibility index (Phi) is 72.1. The molecular weight excluding hydrogens is 1390 g/mol. The number of ether oxygens (including phenoxy) is 20. The quantitative estimate of drug-likeness (QED) is 0.0388. The fourth-order valence-corrected chi connectivity index (χ4v) is 8.94. The fraction of sp³-hybridized carbons (Fsp3) is 0.917. The van der Waals surface area contributed by atoms with Gasteiger partial charge in [-0.1, -0.05) is 41.5 Å². The highest BCUT2D eigenvalue weighted by Gasteiger charge is 2.33. The van der Waals surface area contributed by atoms with E-state index in [4.69, 9.17) is 106 Å². The molecule has 34 heteroatoms. The van der Waals surface area contributed by atoms with Crippen LogP contribution in [0.2, 0.25) is 0 Å². The monoisotopic (exact) mass is 1540 g/mol. The third-order valence-electron chi connectivity index (χ3n) is 14.8. The van der Waals surface area contributed by atoms with Crippen molar-refractivity contribution in [1.29, 1.82) is 0 Å². The van der Waals surface area contributed by atoms with Crippen LogP contribution in [-0.2, 0) is 124 Å². The van der Waals surface area contributed by atoms with Gasteiger partial charge in [0.15, 0.2) is 0 Å². The van der Waals surface area contributed by atoms with Crippen molar-refractivity contribution in [3.8, 4) is 0 Å². The van der Waals surface area contributed by atoms with Crippen LogP contribution in [0.25, 0.3) is 0 Å². The standard InChI is InChI=1S/C72H142N8O26/c1-71(2,3)17-13-21-77-67(83)61(15-9-11-19-75-63(81)59-105-57-55-103-53-51-101-49-47-99-45-43-97-41-39-95-37-35-93-33-31-91-29-27-89-25-23-87-7)79-69(85)65(73)66(74)70(86)80-62(68(84)78-22-14-18-72(4,5)6)16-10-12-20-76-64(82)60-106-58-56-104-54-52-102-50-48-100-46-44-98-42-40-96-38-36-94-34-32-92-30-28-90-26-24-88-8/h61-62,65-66H,9-60,73-74H2,1-8H3,(H,75,81)(H,76,82)(H,77,83)(H,78,84)(H,79,85)(H,80,86)/t61-,62-,65?,66?/m0/s1. The summed E-state index contributed by atoms with van der Waals surface area (Å²) in [6, 6.07) is -5.24. The highest BCUT2D eigenvalue weighted by Crippen LogP contribution is 2.21. The minimum Gasteiger partial charge on any atom is -0.382 e. The van der Waals surface area contributed by atoms with Gasteiger partial charge in [0.1, 0.15) is 37.4 Å². The number of amides is 6.